The van der Waals surface area contributed by atoms with E-state index in [1.54, 1.807) is 0 Å². The Balaban J connectivity index is 2.34. The third kappa shape index (κ3) is 3.96. The molecular weight excluding hydrogens is 312 g/mol. The molecule has 2 unspecified atom stereocenters. The van der Waals surface area contributed by atoms with Crippen LogP contribution in [0.25, 0.3) is 0 Å². The first-order chi connectivity index (χ1) is 9.63. The third-order valence-corrected chi connectivity index (χ3v) is 5.65. The fourth-order valence-electron chi connectivity index (χ4n) is 2.42. The highest BCUT2D eigenvalue weighted by Crippen LogP contribution is 2.38. The molecule has 1 aliphatic rings. The first-order valence-corrected chi connectivity index (χ1v) is 10.2. The highest BCUT2D eigenvalue weighted by atomic mass is 32.2. The summed E-state index contributed by atoms with van der Waals surface area (Å²) in [6.07, 6.45) is 4.25. The maximum atomic E-state index is 11.9. The van der Waals surface area contributed by atoms with Crippen molar-refractivity contribution < 1.29 is 16.8 Å². The van der Waals surface area contributed by atoms with Gasteiger partial charge in [0.05, 0.1) is 15.5 Å². The molecule has 1 aliphatic carbocycles. The lowest BCUT2D eigenvalue weighted by molar-refractivity contribution is 0.597. The highest BCUT2D eigenvalue weighted by Gasteiger charge is 2.36. The molecule has 118 valence electrons. The summed E-state index contributed by atoms with van der Waals surface area (Å²) in [6.45, 7) is 2.11. The summed E-state index contributed by atoms with van der Waals surface area (Å²) in [4.78, 5) is -0.231. The molecule has 1 aromatic rings. The molecule has 1 aromatic carbocycles. The molecule has 0 saturated heterocycles. The van der Waals surface area contributed by atoms with Crippen molar-refractivity contribution in [2.24, 2.45) is 11.1 Å². The number of sulfone groups is 1. The van der Waals surface area contributed by atoms with Gasteiger partial charge in [0.15, 0.2) is 9.84 Å². The van der Waals surface area contributed by atoms with Crippen LogP contribution in [0.15, 0.2) is 28.0 Å². The van der Waals surface area contributed by atoms with Crippen LogP contribution in [0.5, 0.6) is 0 Å². The zero-order valence-electron chi connectivity index (χ0n) is 12.0. The van der Waals surface area contributed by atoms with Gasteiger partial charge in [-0.1, -0.05) is 13.3 Å². The molecule has 0 amide bonds. The van der Waals surface area contributed by atoms with Crippen LogP contribution in [0.1, 0.15) is 26.2 Å². The maximum Gasteiger partial charge on any atom is 0.238 e. The summed E-state index contributed by atoms with van der Waals surface area (Å²) in [5.41, 5.74) is 0.438. The Hall–Kier alpha value is -1.12. The van der Waals surface area contributed by atoms with Crippen LogP contribution in [0.2, 0.25) is 0 Å². The van der Waals surface area contributed by atoms with Gasteiger partial charge in [0.25, 0.3) is 0 Å². The van der Waals surface area contributed by atoms with E-state index >= 15 is 0 Å². The van der Waals surface area contributed by atoms with Crippen LogP contribution < -0.4 is 10.5 Å². The number of benzene rings is 1. The van der Waals surface area contributed by atoms with Crippen molar-refractivity contribution in [1.29, 1.82) is 0 Å². The van der Waals surface area contributed by atoms with Crippen molar-refractivity contribution in [1.82, 2.24) is 0 Å². The molecule has 1 saturated carbocycles. The molecule has 0 radical (unpaired) electrons. The Bertz CT molecular complexity index is 741. The molecular formula is C13H20N2O4S2. The standard InChI is InChI=1S/C13H20N2O4S2/c1-3-4-9-7-12(9)15-11-6-5-10(21(14,18)19)8-13(11)20(2,16)17/h5-6,8-9,12,15H,3-4,7H2,1-2H3,(H2,14,18,19). The van der Waals surface area contributed by atoms with E-state index in [-0.39, 0.29) is 15.8 Å². The van der Waals surface area contributed by atoms with Gasteiger partial charge in [-0.25, -0.2) is 22.0 Å². The molecule has 0 spiro atoms. The number of hydrogen-bond acceptors (Lipinski definition) is 5. The second kappa shape index (κ2) is 5.58. The molecule has 3 N–H and O–H groups in total. The average molecular weight is 332 g/mol. The Morgan fingerprint density at radius 3 is 2.48 bits per heavy atom. The molecule has 8 heteroatoms. The molecule has 0 heterocycles. The van der Waals surface area contributed by atoms with E-state index in [1.165, 1.54) is 12.1 Å². The number of hydrogen-bond donors (Lipinski definition) is 2. The minimum Gasteiger partial charge on any atom is -0.381 e. The number of anilines is 1. The molecule has 0 aromatic heterocycles. The monoisotopic (exact) mass is 332 g/mol. The normalized spacial score (nSPS) is 22.0. The largest absolute Gasteiger partial charge is 0.381 e. The second-order valence-electron chi connectivity index (χ2n) is 5.51. The highest BCUT2D eigenvalue weighted by molar-refractivity contribution is 7.91. The SMILES string of the molecule is CCCC1CC1Nc1ccc(S(N)(=O)=O)cc1S(C)(=O)=O. The summed E-state index contributed by atoms with van der Waals surface area (Å²) in [6, 6.07) is 4.16. The average Bonchev–Trinajstić information content (AvgIpc) is 3.05. The van der Waals surface area contributed by atoms with Crippen molar-refractivity contribution in [3.8, 4) is 0 Å². The lowest BCUT2D eigenvalue weighted by Crippen LogP contribution is -2.15. The van der Waals surface area contributed by atoms with Gasteiger partial charge in [0.2, 0.25) is 10.0 Å². The fraction of sp³-hybridized carbons (Fsp3) is 0.538. The summed E-state index contributed by atoms with van der Waals surface area (Å²) in [7, 11) is -7.47. The predicted octanol–water partition coefficient (Wildman–Crippen LogP) is 1.34. The van der Waals surface area contributed by atoms with Gasteiger partial charge in [-0.3, -0.25) is 0 Å². The number of nitrogens with two attached hydrogens (primary N) is 1. The number of nitrogens with one attached hydrogen (secondary N) is 1. The van der Waals surface area contributed by atoms with Gasteiger partial charge in [-0.15, -0.1) is 0 Å². The minimum atomic E-state index is -3.93. The van der Waals surface area contributed by atoms with E-state index in [0.29, 0.717) is 11.6 Å². The van der Waals surface area contributed by atoms with Gasteiger partial charge >= 0.3 is 0 Å². The lowest BCUT2D eigenvalue weighted by Gasteiger charge is -2.12. The van der Waals surface area contributed by atoms with Crippen molar-refractivity contribution in [3.63, 3.8) is 0 Å². The third-order valence-electron chi connectivity index (χ3n) is 3.60. The molecule has 1 fully saturated rings. The van der Waals surface area contributed by atoms with Gasteiger partial charge in [-0.2, -0.15) is 0 Å². The summed E-state index contributed by atoms with van der Waals surface area (Å²) >= 11 is 0. The van der Waals surface area contributed by atoms with Crippen LogP contribution in [-0.4, -0.2) is 29.1 Å². The van der Waals surface area contributed by atoms with Crippen molar-refractivity contribution >= 4 is 25.5 Å². The minimum absolute atomic E-state index is 0.0313. The number of primary sulfonamides is 1. The van der Waals surface area contributed by atoms with E-state index in [2.05, 4.69) is 12.2 Å². The number of rotatable bonds is 6. The summed E-state index contributed by atoms with van der Waals surface area (Å²) in [5, 5.41) is 8.24. The van der Waals surface area contributed by atoms with Crippen molar-refractivity contribution in [2.45, 2.75) is 42.0 Å². The van der Waals surface area contributed by atoms with Crippen LogP contribution >= 0.6 is 0 Å². The van der Waals surface area contributed by atoms with E-state index in [4.69, 9.17) is 5.14 Å². The lowest BCUT2D eigenvalue weighted by atomic mass is 10.2. The predicted molar refractivity (Wildman–Crippen MR) is 81.4 cm³/mol. The topological polar surface area (TPSA) is 106 Å². The first-order valence-electron chi connectivity index (χ1n) is 6.76. The molecule has 2 atom stereocenters. The van der Waals surface area contributed by atoms with E-state index in [9.17, 15) is 16.8 Å². The van der Waals surface area contributed by atoms with E-state index in [0.717, 1.165) is 31.6 Å². The smallest absolute Gasteiger partial charge is 0.238 e. The summed E-state index contributed by atoms with van der Waals surface area (Å²) < 4.78 is 46.4. The molecule has 0 bridgehead atoms. The van der Waals surface area contributed by atoms with E-state index in [1.807, 2.05) is 0 Å². The van der Waals surface area contributed by atoms with Gasteiger partial charge < -0.3 is 5.32 Å². The fourth-order valence-corrected chi connectivity index (χ4v) is 3.90. The quantitative estimate of drug-likeness (QED) is 0.817. The Kier molecular flexibility index (Phi) is 4.32. The van der Waals surface area contributed by atoms with Crippen LogP contribution in [0.4, 0.5) is 5.69 Å². The van der Waals surface area contributed by atoms with Crippen molar-refractivity contribution in [3.05, 3.63) is 18.2 Å². The van der Waals surface area contributed by atoms with Gasteiger partial charge in [-0.05, 0) is 37.0 Å². The van der Waals surface area contributed by atoms with Crippen molar-refractivity contribution in [2.75, 3.05) is 11.6 Å². The zero-order valence-corrected chi connectivity index (χ0v) is 13.7. The van der Waals surface area contributed by atoms with Crippen LogP contribution in [0, 0.1) is 5.92 Å². The maximum absolute atomic E-state index is 11.9. The second-order valence-corrected chi connectivity index (χ2v) is 9.06. The summed E-state index contributed by atoms with van der Waals surface area (Å²) in [5.74, 6) is 0.556. The van der Waals surface area contributed by atoms with Crippen LogP contribution in [-0.2, 0) is 19.9 Å². The first kappa shape index (κ1) is 16.3. The molecule has 0 aliphatic heterocycles. The Morgan fingerprint density at radius 1 is 1.29 bits per heavy atom. The van der Waals surface area contributed by atoms with Gasteiger partial charge in [0.1, 0.15) is 0 Å². The molecule has 6 nitrogen and oxygen atoms in total. The number of sulfonamides is 1. The Labute approximate surface area is 125 Å². The molecule has 21 heavy (non-hydrogen) atoms. The molecule has 2 rings (SSSR count). The van der Waals surface area contributed by atoms with E-state index < -0.39 is 19.9 Å². The van der Waals surface area contributed by atoms with Gasteiger partial charge in [0, 0.05) is 12.3 Å². The van der Waals surface area contributed by atoms with Crippen LogP contribution in [0.3, 0.4) is 0 Å². The zero-order chi connectivity index (χ0) is 15.8. The Morgan fingerprint density at radius 2 is 1.95 bits per heavy atom.